The minimum Gasteiger partial charge on any atom is -0.467 e. The van der Waals surface area contributed by atoms with E-state index in [0.29, 0.717) is 49.7 Å². The van der Waals surface area contributed by atoms with E-state index in [1.165, 1.54) is 12.1 Å². The first-order valence-corrected chi connectivity index (χ1v) is 9.19. The highest BCUT2D eigenvalue weighted by Crippen LogP contribution is 2.29. The van der Waals surface area contributed by atoms with E-state index in [-0.39, 0.29) is 25.2 Å². The molecule has 2 aliphatic heterocycles. The zero-order valence-electron chi connectivity index (χ0n) is 15.7. The molecule has 28 heavy (non-hydrogen) atoms. The van der Waals surface area contributed by atoms with Gasteiger partial charge in [0.05, 0.1) is 6.61 Å². The van der Waals surface area contributed by atoms with Crippen LogP contribution in [0.25, 0.3) is 0 Å². The number of aryl methyl sites for hydroxylation is 1. The zero-order chi connectivity index (χ0) is 19.5. The van der Waals surface area contributed by atoms with Gasteiger partial charge in [0.1, 0.15) is 23.2 Å². The molecule has 148 valence electrons. The van der Waals surface area contributed by atoms with E-state index in [0.717, 1.165) is 11.6 Å². The summed E-state index contributed by atoms with van der Waals surface area (Å²) in [5.41, 5.74) is 1.27. The predicted octanol–water partition coefficient (Wildman–Crippen LogP) is 1.82. The van der Waals surface area contributed by atoms with Crippen molar-refractivity contribution in [2.45, 2.75) is 20.1 Å². The number of fused-ring (bicyclic) bond motifs is 1. The maximum atomic E-state index is 13.8. The molecule has 0 radical (unpaired) electrons. The van der Waals surface area contributed by atoms with E-state index in [4.69, 9.17) is 9.47 Å². The van der Waals surface area contributed by atoms with Crippen molar-refractivity contribution in [2.24, 2.45) is 0 Å². The highest BCUT2D eigenvalue weighted by Gasteiger charge is 2.23. The number of nitrogens with zero attached hydrogens (tertiary/aromatic N) is 4. The smallest absolute Gasteiger partial charge is 0.317 e. The Hall–Kier alpha value is -2.94. The van der Waals surface area contributed by atoms with Crippen LogP contribution in [-0.4, -0.2) is 53.9 Å². The molecule has 1 aromatic heterocycles. The molecule has 1 fully saturated rings. The van der Waals surface area contributed by atoms with E-state index < -0.39 is 0 Å². The third-order valence-electron chi connectivity index (χ3n) is 4.83. The Morgan fingerprint density at radius 3 is 2.89 bits per heavy atom. The van der Waals surface area contributed by atoms with Gasteiger partial charge in [-0.1, -0.05) is 0 Å². The molecule has 8 nitrogen and oxygen atoms in total. The zero-order valence-corrected chi connectivity index (χ0v) is 15.7. The van der Waals surface area contributed by atoms with Gasteiger partial charge in [-0.2, -0.15) is 0 Å². The molecule has 2 aromatic rings. The predicted molar refractivity (Wildman–Crippen MR) is 99.5 cm³/mol. The topological polar surface area (TPSA) is 79.8 Å². The second-order valence-corrected chi connectivity index (χ2v) is 6.76. The van der Waals surface area contributed by atoms with E-state index in [1.54, 1.807) is 11.1 Å². The summed E-state index contributed by atoms with van der Waals surface area (Å²) in [4.78, 5) is 25.0. The highest BCUT2D eigenvalue weighted by molar-refractivity contribution is 5.74. The summed E-state index contributed by atoms with van der Waals surface area (Å²) in [6.45, 7) is 5.04. The molecule has 3 heterocycles. The van der Waals surface area contributed by atoms with Crippen LogP contribution in [0.3, 0.4) is 0 Å². The number of piperazine rings is 1. The molecule has 9 heteroatoms. The lowest BCUT2D eigenvalue weighted by Crippen LogP contribution is -2.52. The largest absolute Gasteiger partial charge is 0.467 e. The SMILES string of the molecule is Cc1nccc(N2CCN(C(=O)NCc3cc(F)cc4c3OCOC4)CC2)n1. The van der Waals surface area contributed by atoms with Crippen molar-refractivity contribution in [3.63, 3.8) is 0 Å². The second-order valence-electron chi connectivity index (χ2n) is 6.76. The maximum Gasteiger partial charge on any atom is 0.317 e. The van der Waals surface area contributed by atoms with Crippen LogP contribution in [0.15, 0.2) is 24.4 Å². The fourth-order valence-corrected chi connectivity index (χ4v) is 3.43. The number of aromatic nitrogens is 2. The molecule has 0 bridgehead atoms. The Bertz CT molecular complexity index is 871. The fraction of sp³-hybridized carbons (Fsp3) is 0.421. The number of ether oxygens (including phenoxy) is 2. The molecule has 2 amide bonds. The Labute approximate surface area is 162 Å². The number of anilines is 1. The number of carbonyl (C=O) groups excluding carboxylic acids is 1. The molecular formula is C19H22FN5O3. The summed E-state index contributed by atoms with van der Waals surface area (Å²) in [6, 6.07) is 4.48. The van der Waals surface area contributed by atoms with Crippen molar-refractivity contribution in [2.75, 3.05) is 37.9 Å². The molecule has 4 rings (SSSR count). The standard InChI is InChI=1S/C19H22FN5O3/c1-13-21-3-2-17(23-13)24-4-6-25(7-5-24)19(26)22-10-14-8-16(20)9-15-11-27-12-28-18(14)15/h2-3,8-9H,4-7,10-12H2,1H3,(H,22,26). The Morgan fingerprint density at radius 2 is 2.11 bits per heavy atom. The van der Waals surface area contributed by atoms with E-state index in [9.17, 15) is 9.18 Å². The third-order valence-corrected chi connectivity index (χ3v) is 4.83. The highest BCUT2D eigenvalue weighted by atomic mass is 19.1. The van der Waals surface area contributed by atoms with Gasteiger partial charge in [0, 0.05) is 50.0 Å². The summed E-state index contributed by atoms with van der Waals surface area (Å²) < 4.78 is 24.5. The van der Waals surface area contributed by atoms with Gasteiger partial charge >= 0.3 is 6.03 Å². The molecular weight excluding hydrogens is 365 g/mol. The monoisotopic (exact) mass is 387 g/mol. The number of benzene rings is 1. The summed E-state index contributed by atoms with van der Waals surface area (Å²) in [5, 5.41) is 2.87. The molecule has 1 N–H and O–H groups in total. The van der Waals surface area contributed by atoms with Crippen LogP contribution in [0.1, 0.15) is 17.0 Å². The lowest BCUT2D eigenvalue weighted by molar-refractivity contribution is -0.0173. The number of nitrogens with one attached hydrogen (secondary N) is 1. The lowest BCUT2D eigenvalue weighted by atomic mass is 10.1. The van der Waals surface area contributed by atoms with Crippen LogP contribution in [0.4, 0.5) is 15.0 Å². The summed E-state index contributed by atoms with van der Waals surface area (Å²) >= 11 is 0. The lowest BCUT2D eigenvalue weighted by Gasteiger charge is -2.35. The van der Waals surface area contributed by atoms with Crippen molar-refractivity contribution in [3.8, 4) is 5.75 Å². The van der Waals surface area contributed by atoms with E-state index >= 15 is 0 Å². The molecule has 0 saturated carbocycles. The molecule has 0 atom stereocenters. The second kappa shape index (κ2) is 7.97. The minimum atomic E-state index is -0.370. The van der Waals surface area contributed by atoms with Gasteiger partial charge in [-0.3, -0.25) is 0 Å². The first-order chi connectivity index (χ1) is 13.6. The molecule has 2 aliphatic rings. The van der Waals surface area contributed by atoms with Crippen molar-refractivity contribution < 1.29 is 18.7 Å². The number of hydrogen-bond acceptors (Lipinski definition) is 6. The first kappa shape index (κ1) is 18.4. The Balaban J connectivity index is 1.34. The molecule has 0 unspecified atom stereocenters. The number of carbonyl (C=O) groups is 1. The maximum absolute atomic E-state index is 13.8. The van der Waals surface area contributed by atoms with Crippen LogP contribution in [0.5, 0.6) is 5.75 Å². The number of halogens is 1. The fourth-order valence-electron chi connectivity index (χ4n) is 3.43. The van der Waals surface area contributed by atoms with Gasteiger partial charge < -0.3 is 24.6 Å². The summed E-state index contributed by atoms with van der Waals surface area (Å²) in [7, 11) is 0. The minimum absolute atomic E-state index is 0.129. The van der Waals surface area contributed by atoms with Gasteiger partial charge in [0.25, 0.3) is 0 Å². The van der Waals surface area contributed by atoms with Crippen molar-refractivity contribution >= 4 is 11.8 Å². The van der Waals surface area contributed by atoms with Crippen molar-refractivity contribution in [1.82, 2.24) is 20.2 Å². The number of urea groups is 1. The molecule has 0 aliphatic carbocycles. The normalized spacial score (nSPS) is 16.4. The van der Waals surface area contributed by atoms with Gasteiger partial charge in [-0.25, -0.2) is 19.2 Å². The van der Waals surface area contributed by atoms with E-state index in [1.807, 2.05) is 13.0 Å². The Kier molecular flexibility index (Phi) is 5.25. The Morgan fingerprint density at radius 1 is 1.29 bits per heavy atom. The van der Waals surface area contributed by atoms with Gasteiger partial charge in [-0.05, 0) is 25.1 Å². The van der Waals surface area contributed by atoms with Gasteiger partial charge in [0.15, 0.2) is 6.79 Å². The summed E-state index contributed by atoms with van der Waals surface area (Å²) in [5.74, 6) is 1.82. The summed E-state index contributed by atoms with van der Waals surface area (Å²) in [6.07, 6.45) is 1.74. The van der Waals surface area contributed by atoms with Crippen LogP contribution in [0, 0.1) is 12.7 Å². The molecule has 1 aromatic carbocycles. The number of rotatable bonds is 3. The van der Waals surface area contributed by atoms with Gasteiger partial charge in [0.2, 0.25) is 0 Å². The molecule has 0 spiro atoms. The molecule has 1 saturated heterocycles. The van der Waals surface area contributed by atoms with Crippen LogP contribution in [0.2, 0.25) is 0 Å². The third kappa shape index (κ3) is 3.99. The average molecular weight is 387 g/mol. The quantitative estimate of drug-likeness (QED) is 0.866. The first-order valence-electron chi connectivity index (χ1n) is 9.19. The van der Waals surface area contributed by atoms with Crippen LogP contribution < -0.4 is 15.0 Å². The van der Waals surface area contributed by atoms with Crippen molar-refractivity contribution in [1.29, 1.82) is 0 Å². The van der Waals surface area contributed by atoms with E-state index in [2.05, 4.69) is 20.2 Å². The van der Waals surface area contributed by atoms with Crippen LogP contribution >= 0.6 is 0 Å². The van der Waals surface area contributed by atoms with Gasteiger partial charge in [-0.15, -0.1) is 0 Å². The average Bonchev–Trinajstić information content (AvgIpc) is 2.72. The van der Waals surface area contributed by atoms with Crippen molar-refractivity contribution in [3.05, 3.63) is 47.2 Å². The number of amides is 2. The number of hydrogen-bond donors (Lipinski definition) is 1. The van der Waals surface area contributed by atoms with Crippen LogP contribution in [-0.2, 0) is 17.9 Å².